The van der Waals surface area contributed by atoms with Crippen LogP contribution in [0.2, 0.25) is 0 Å². The van der Waals surface area contributed by atoms with Crippen molar-refractivity contribution in [1.82, 2.24) is 24.2 Å². The summed E-state index contributed by atoms with van der Waals surface area (Å²) >= 11 is 1.09. The van der Waals surface area contributed by atoms with Gasteiger partial charge in [0.2, 0.25) is 26.0 Å². The number of nitrogens with zero attached hydrogens (tertiary/aromatic N) is 5. The number of nitrogens with one attached hydrogen (secondary N) is 1. The Kier molecular flexibility index (Phi) is 9.69. The summed E-state index contributed by atoms with van der Waals surface area (Å²) in [6.45, 7) is 0.344. The lowest BCUT2D eigenvalue weighted by Gasteiger charge is -2.39. The van der Waals surface area contributed by atoms with Crippen LogP contribution >= 0.6 is 11.3 Å². The molecular weight excluding hydrogens is 675 g/mol. The van der Waals surface area contributed by atoms with E-state index in [1.807, 2.05) is 13.8 Å². The number of rotatable bonds is 10. The van der Waals surface area contributed by atoms with Gasteiger partial charge in [-0.25, -0.2) is 12.9 Å². The maximum atomic E-state index is 13.8. The molecule has 0 bridgehead atoms. The summed E-state index contributed by atoms with van der Waals surface area (Å²) in [5, 5.41) is 7.63. The van der Waals surface area contributed by atoms with Crippen molar-refractivity contribution >= 4 is 37.4 Å². The molecule has 2 aromatic carbocycles. The highest BCUT2D eigenvalue weighted by molar-refractivity contribution is 7.89. The van der Waals surface area contributed by atoms with E-state index in [0.29, 0.717) is 21.3 Å². The van der Waals surface area contributed by atoms with Crippen LogP contribution in [0.3, 0.4) is 0 Å². The second-order valence-electron chi connectivity index (χ2n) is 10.6. The Morgan fingerprint density at radius 3 is 2.34 bits per heavy atom. The van der Waals surface area contributed by atoms with Gasteiger partial charge in [-0.2, -0.15) is 18.1 Å². The highest BCUT2D eigenvalue weighted by Crippen LogP contribution is 2.30. The standard InChI is InChI=1S/C28H27F5N6O6S2/c1-16(2)21-13-23(40)35-26-39(21)36-27(46-26)37-11-12-38(47(42,43)20-9-7-19(8-10-20)45-28(31,32)33)22(15-37)24(41)34-14-17-3-5-18(6-4-17)44-25(29)30/h3-10,13,16,22,25H,11-12,14-15H2,1-2H3,(H,34,41)/t22-/m1/s1. The molecule has 1 aliphatic heterocycles. The number of ether oxygens (including phenoxy) is 2. The van der Waals surface area contributed by atoms with Crippen LogP contribution in [0.5, 0.6) is 11.5 Å². The van der Waals surface area contributed by atoms with Crippen LogP contribution in [-0.4, -0.2) is 71.9 Å². The molecule has 1 aliphatic rings. The third-order valence-electron chi connectivity index (χ3n) is 7.05. The topological polar surface area (TPSA) is 135 Å². The Morgan fingerprint density at radius 2 is 1.72 bits per heavy atom. The first-order valence-electron chi connectivity index (χ1n) is 14.0. The molecule has 1 atom stereocenters. The van der Waals surface area contributed by atoms with Crippen molar-refractivity contribution in [3.63, 3.8) is 0 Å². The summed E-state index contributed by atoms with van der Waals surface area (Å²) in [6, 6.07) is 9.12. The predicted molar refractivity (Wildman–Crippen MR) is 159 cm³/mol. The molecule has 0 saturated carbocycles. The molecule has 19 heteroatoms. The van der Waals surface area contributed by atoms with E-state index in [-0.39, 0.29) is 42.7 Å². The van der Waals surface area contributed by atoms with Gasteiger partial charge in [-0.15, -0.1) is 18.3 Å². The number of hydrogen-bond donors (Lipinski definition) is 1. The fraction of sp³-hybridized carbons (Fsp3) is 0.357. The van der Waals surface area contributed by atoms with Crippen LogP contribution in [-0.2, 0) is 21.4 Å². The van der Waals surface area contributed by atoms with Gasteiger partial charge in [0, 0.05) is 32.2 Å². The first kappa shape index (κ1) is 34.0. The van der Waals surface area contributed by atoms with Gasteiger partial charge in [-0.1, -0.05) is 37.3 Å². The Hall–Kier alpha value is -4.36. The first-order chi connectivity index (χ1) is 22.1. The number of fused-ring (bicyclic) bond motifs is 1. The van der Waals surface area contributed by atoms with Gasteiger partial charge >= 0.3 is 13.0 Å². The lowest BCUT2D eigenvalue weighted by molar-refractivity contribution is -0.274. The van der Waals surface area contributed by atoms with Gasteiger partial charge in [-0.05, 0) is 47.9 Å². The van der Waals surface area contributed by atoms with Crippen molar-refractivity contribution in [3.8, 4) is 11.5 Å². The largest absolute Gasteiger partial charge is 0.573 e. The van der Waals surface area contributed by atoms with Gasteiger partial charge in [0.1, 0.15) is 17.5 Å². The van der Waals surface area contributed by atoms with Crippen LogP contribution in [0.15, 0.2) is 64.3 Å². The van der Waals surface area contributed by atoms with Crippen LogP contribution < -0.4 is 25.2 Å². The number of sulfonamides is 1. The Bertz CT molecular complexity index is 1900. The molecule has 0 spiro atoms. The number of anilines is 1. The highest BCUT2D eigenvalue weighted by Gasteiger charge is 2.41. The van der Waals surface area contributed by atoms with Crippen LogP contribution in [0.1, 0.15) is 31.0 Å². The molecular formula is C28H27F5N6O6S2. The van der Waals surface area contributed by atoms with Crippen molar-refractivity contribution in [1.29, 1.82) is 0 Å². The second-order valence-corrected chi connectivity index (χ2v) is 13.4. The molecule has 2 aromatic heterocycles. The second kappa shape index (κ2) is 13.4. The van der Waals surface area contributed by atoms with Crippen molar-refractivity contribution in [2.45, 2.75) is 50.2 Å². The van der Waals surface area contributed by atoms with Crippen molar-refractivity contribution < 1.29 is 44.6 Å². The summed E-state index contributed by atoms with van der Waals surface area (Å²) < 4.78 is 101. The minimum atomic E-state index is -4.98. The van der Waals surface area contributed by atoms with Crippen LogP contribution in [0.4, 0.5) is 27.1 Å². The molecule has 12 nitrogen and oxygen atoms in total. The third-order valence-corrected chi connectivity index (χ3v) is 9.94. The molecule has 0 radical (unpaired) electrons. The maximum Gasteiger partial charge on any atom is 0.573 e. The molecule has 1 saturated heterocycles. The smallest absolute Gasteiger partial charge is 0.435 e. The van der Waals surface area contributed by atoms with E-state index >= 15 is 0 Å². The number of alkyl halides is 5. The summed E-state index contributed by atoms with van der Waals surface area (Å²) in [4.78, 5) is 31.5. The number of hydrogen-bond acceptors (Lipinski definition) is 10. The number of benzene rings is 2. The normalized spacial score (nSPS) is 16.2. The van der Waals surface area contributed by atoms with E-state index in [9.17, 15) is 40.0 Å². The van der Waals surface area contributed by atoms with E-state index in [0.717, 1.165) is 39.9 Å². The van der Waals surface area contributed by atoms with E-state index < -0.39 is 46.3 Å². The fourth-order valence-corrected chi connectivity index (χ4v) is 7.37. The quantitative estimate of drug-likeness (QED) is 0.244. The summed E-state index contributed by atoms with van der Waals surface area (Å²) in [5.74, 6) is -1.49. The summed E-state index contributed by atoms with van der Waals surface area (Å²) in [7, 11) is -4.43. The van der Waals surface area contributed by atoms with Crippen LogP contribution in [0.25, 0.3) is 4.96 Å². The minimum absolute atomic E-state index is 0.0717. The monoisotopic (exact) mass is 702 g/mol. The predicted octanol–water partition coefficient (Wildman–Crippen LogP) is 3.97. The van der Waals surface area contributed by atoms with Gasteiger partial charge in [0.15, 0.2) is 0 Å². The first-order valence-corrected chi connectivity index (χ1v) is 16.2. The third kappa shape index (κ3) is 7.96. The van der Waals surface area contributed by atoms with Gasteiger partial charge < -0.3 is 19.7 Å². The van der Waals surface area contributed by atoms with Crippen LogP contribution in [0, 0.1) is 0 Å². The molecule has 3 heterocycles. The fourth-order valence-electron chi connectivity index (χ4n) is 4.85. The van der Waals surface area contributed by atoms with Gasteiger partial charge in [0.05, 0.1) is 10.6 Å². The molecule has 4 aromatic rings. The lowest BCUT2D eigenvalue weighted by atomic mass is 10.1. The van der Waals surface area contributed by atoms with Crippen molar-refractivity contribution in [3.05, 3.63) is 76.2 Å². The zero-order valence-electron chi connectivity index (χ0n) is 24.6. The number of amides is 1. The van der Waals surface area contributed by atoms with E-state index in [1.165, 1.54) is 34.8 Å². The number of halogens is 5. The minimum Gasteiger partial charge on any atom is -0.435 e. The Labute approximate surface area is 268 Å². The molecule has 252 valence electrons. The zero-order chi connectivity index (χ0) is 34.1. The van der Waals surface area contributed by atoms with E-state index in [4.69, 9.17) is 0 Å². The number of carbonyl (C=O) groups is 1. The molecule has 1 amide bonds. The Balaban J connectivity index is 1.42. The molecule has 1 fully saturated rings. The number of piperazine rings is 1. The Morgan fingerprint density at radius 1 is 1.06 bits per heavy atom. The average molecular weight is 703 g/mol. The SMILES string of the molecule is CC(C)c1cc(=O)nc2sc(N3CCN(S(=O)(=O)c4ccc(OC(F)(F)F)cc4)[C@@H](C(=O)NCc4ccc(OC(F)F)cc4)C3)nn12. The van der Waals surface area contributed by atoms with E-state index in [1.54, 1.807) is 4.90 Å². The van der Waals surface area contributed by atoms with E-state index in [2.05, 4.69) is 24.9 Å². The van der Waals surface area contributed by atoms with Crippen molar-refractivity contribution in [2.75, 3.05) is 24.5 Å². The number of carbonyl (C=O) groups excluding carboxylic acids is 1. The molecule has 1 N–H and O–H groups in total. The molecule has 5 rings (SSSR count). The molecule has 0 unspecified atom stereocenters. The average Bonchev–Trinajstić information content (AvgIpc) is 3.43. The zero-order valence-corrected chi connectivity index (χ0v) is 26.3. The van der Waals surface area contributed by atoms with Gasteiger partial charge in [-0.3, -0.25) is 9.59 Å². The van der Waals surface area contributed by atoms with Gasteiger partial charge in [0.25, 0.3) is 5.56 Å². The summed E-state index contributed by atoms with van der Waals surface area (Å²) in [6.07, 6.45) is -4.98. The number of aromatic nitrogens is 3. The molecule has 0 aliphatic carbocycles. The maximum absolute atomic E-state index is 13.8. The highest BCUT2D eigenvalue weighted by atomic mass is 32.2. The summed E-state index contributed by atoms with van der Waals surface area (Å²) in [5.41, 5.74) is 0.670. The lowest BCUT2D eigenvalue weighted by Crippen LogP contribution is -2.60. The molecule has 47 heavy (non-hydrogen) atoms. The van der Waals surface area contributed by atoms with Crippen molar-refractivity contribution in [2.24, 2.45) is 0 Å².